The second-order valence-corrected chi connectivity index (χ2v) is 8.58. The first kappa shape index (κ1) is 12.2. The zero-order valence-electron chi connectivity index (χ0n) is 10.1. The zero-order chi connectivity index (χ0) is 10.8. The molecule has 0 atom stereocenters. The van der Waals surface area contributed by atoms with E-state index in [-0.39, 0.29) is 0 Å². The Labute approximate surface area is 88.7 Å². The molecule has 4 heteroatoms. The van der Waals surface area contributed by atoms with Gasteiger partial charge in [-0.05, 0) is 18.4 Å². The molecule has 0 radical (unpaired) electrons. The molecule has 0 unspecified atom stereocenters. The molecule has 1 fully saturated rings. The van der Waals surface area contributed by atoms with Crippen molar-refractivity contribution in [1.29, 1.82) is 0 Å². The van der Waals surface area contributed by atoms with Crippen LogP contribution in [0.15, 0.2) is 0 Å². The molecular formula is C10H23NO2Si. The van der Waals surface area contributed by atoms with Gasteiger partial charge in [-0.25, -0.2) is 0 Å². The van der Waals surface area contributed by atoms with Crippen LogP contribution in [0.2, 0.25) is 6.04 Å². The minimum Gasteiger partial charge on any atom is -0.386 e. The summed E-state index contributed by atoms with van der Waals surface area (Å²) < 4.78 is 13.7. The molecule has 0 bridgehead atoms. The van der Waals surface area contributed by atoms with Crippen molar-refractivity contribution in [2.24, 2.45) is 5.41 Å². The Kier molecular flexibility index (Phi) is 3.74. The third-order valence-corrected chi connectivity index (χ3v) is 6.31. The Balaban J connectivity index is 2.67. The third kappa shape index (κ3) is 2.57. The van der Waals surface area contributed by atoms with Crippen LogP contribution in [0.25, 0.3) is 0 Å². The van der Waals surface area contributed by atoms with E-state index in [1.807, 2.05) is 0 Å². The van der Waals surface area contributed by atoms with Crippen molar-refractivity contribution >= 4 is 8.72 Å². The maximum Gasteiger partial charge on any atom is 0.427 e. The average Bonchev–Trinajstić information content (AvgIpc) is 2.46. The predicted octanol–water partition coefficient (Wildman–Crippen LogP) is 1.97. The first-order valence-corrected chi connectivity index (χ1v) is 7.26. The SMILES string of the molecule is CO[Si]1(OC)CCCN1CC(C)(C)C. The first-order chi connectivity index (χ1) is 6.43. The van der Waals surface area contributed by atoms with Gasteiger partial charge in [-0.1, -0.05) is 20.8 Å². The minimum absolute atomic E-state index is 0.319. The third-order valence-electron chi connectivity index (χ3n) is 2.71. The number of hydrogen-bond donors (Lipinski definition) is 0. The summed E-state index contributed by atoms with van der Waals surface area (Å²) in [6, 6.07) is 1.11. The number of hydrogen-bond acceptors (Lipinski definition) is 3. The Morgan fingerprint density at radius 2 is 1.79 bits per heavy atom. The molecule has 3 nitrogen and oxygen atoms in total. The van der Waals surface area contributed by atoms with Gasteiger partial charge in [-0.15, -0.1) is 0 Å². The van der Waals surface area contributed by atoms with Gasteiger partial charge in [0.25, 0.3) is 0 Å². The van der Waals surface area contributed by atoms with Crippen LogP contribution in [0.1, 0.15) is 27.2 Å². The van der Waals surface area contributed by atoms with Crippen LogP contribution >= 0.6 is 0 Å². The van der Waals surface area contributed by atoms with Crippen LogP contribution in [0.3, 0.4) is 0 Å². The average molecular weight is 217 g/mol. The number of nitrogens with zero attached hydrogens (tertiary/aromatic N) is 1. The van der Waals surface area contributed by atoms with Crippen molar-refractivity contribution < 1.29 is 8.85 Å². The summed E-state index contributed by atoms with van der Waals surface area (Å²) in [4.78, 5) is 0. The van der Waals surface area contributed by atoms with Crippen molar-refractivity contribution in [3.05, 3.63) is 0 Å². The summed E-state index contributed by atoms with van der Waals surface area (Å²) in [7, 11) is 1.59. The van der Waals surface area contributed by atoms with E-state index in [0.717, 1.165) is 19.1 Å². The second-order valence-electron chi connectivity index (χ2n) is 5.21. The van der Waals surface area contributed by atoms with Gasteiger partial charge in [0, 0.05) is 26.8 Å². The van der Waals surface area contributed by atoms with E-state index in [0.29, 0.717) is 5.41 Å². The summed E-state index contributed by atoms with van der Waals surface area (Å²) in [5.41, 5.74) is 0.319. The molecule has 1 aliphatic rings. The van der Waals surface area contributed by atoms with E-state index in [9.17, 15) is 0 Å². The summed E-state index contributed by atoms with van der Waals surface area (Å²) in [5.74, 6) is 0. The minimum atomic E-state index is -1.99. The maximum atomic E-state index is 5.65. The maximum absolute atomic E-state index is 5.65. The topological polar surface area (TPSA) is 21.7 Å². The van der Waals surface area contributed by atoms with Crippen LogP contribution in [0.5, 0.6) is 0 Å². The molecule has 1 rings (SSSR count). The molecule has 1 heterocycles. The highest BCUT2D eigenvalue weighted by atomic mass is 28.4. The van der Waals surface area contributed by atoms with Crippen molar-refractivity contribution in [2.45, 2.75) is 33.2 Å². The van der Waals surface area contributed by atoms with E-state index in [4.69, 9.17) is 8.85 Å². The van der Waals surface area contributed by atoms with E-state index in [2.05, 4.69) is 25.3 Å². The molecular weight excluding hydrogens is 194 g/mol. The molecule has 0 aromatic rings. The van der Waals surface area contributed by atoms with Gasteiger partial charge < -0.3 is 8.85 Å². The Morgan fingerprint density at radius 1 is 1.21 bits per heavy atom. The lowest BCUT2D eigenvalue weighted by Crippen LogP contribution is -2.55. The van der Waals surface area contributed by atoms with E-state index in [1.54, 1.807) is 14.2 Å². The lowest BCUT2D eigenvalue weighted by Gasteiger charge is -2.36. The highest BCUT2D eigenvalue weighted by molar-refractivity contribution is 6.65. The fourth-order valence-electron chi connectivity index (χ4n) is 2.14. The molecule has 0 aromatic carbocycles. The molecule has 1 saturated heterocycles. The summed E-state index contributed by atoms with van der Waals surface area (Å²) in [6.07, 6.45) is 1.21. The molecule has 0 saturated carbocycles. The van der Waals surface area contributed by atoms with Crippen LogP contribution in [-0.4, -0.2) is 40.6 Å². The monoisotopic (exact) mass is 217 g/mol. The predicted molar refractivity (Wildman–Crippen MR) is 60.2 cm³/mol. The smallest absolute Gasteiger partial charge is 0.386 e. The van der Waals surface area contributed by atoms with Gasteiger partial charge >= 0.3 is 8.72 Å². The van der Waals surface area contributed by atoms with E-state index in [1.165, 1.54) is 6.42 Å². The van der Waals surface area contributed by atoms with Gasteiger partial charge in [0.05, 0.1) is 0 Å². The fraction of sp³-hybridized carbons (Fsp3) is 1.00. The van der Waals surface area contributed by atoms with Gasteiger partial charge in [0.15, 0.2) is 0 Å². The fourth-order valence-corrected chi connectivity index (χ4v) is 5.37. The van der Waals surface area contributed by atoms with E-state index >= 15 is 0 Å². The number of rotatable bonds is 3. The van der Waals surface area contributed by atoms with Crippen molar-refractivity contribution in [2.75, 3.05) is 27.3 Å². The lowest BCUT2D eigenvalue weighted by atomic mass is 9.97. The molecule has 0 aliphatic carbocycles. The van der Waals surface area contributed by atoms with Crippen LogP contribution < -0.4 is 0 Å². The lowest BCUT2D eigenvalue weighted by molar-refractivity contribution is 0.158. The molecule has 0 amide bonds. The molecule has 14 heavy (non-hydrogen) atoms. The van der Waals surface area contributed by atoms with Crippen LogP contribution in [0, 0.1) is 5.41 Å². The Hall–Kier alpha value is 0.0969. The van der Waals surface area contributed by atoms with Crippen molar-refractivity contribution in [3.63, 3.8) is 0 Å². The molecule has 0 spiro atoms. The molecule has 0 N–H and O–H groups in total. The standard InChI is InChI=1S/C10H23NO2Si/c1-10(2,3)9-11-7-6-8-14(11,12-4)13-5/h6-9H2,1-5H3. The van der Waals surface area contributed by atoms with Gasteiger partial charge in [0.2, 0.25) is 0 Å². The molecule has 84 valence electrons. The second kappa shape index (κ2) is 4.31. The van der Waals surface area contributed by atoms with Gasteiger partial charge in [-0.2, -0.15) is 0 Å². The van der Waals surface area contributed by atoms with Gasteiger partial charge in [0.1, 0.15) is 0 Å². The first-order valence-electron chi connectivity index (χ1n) is 5.29. The largest absolute Gasteiger partial charge is 0.427 e. The van der Waals surface area contributed by atoms with Crippen LogP contribution in [-0.2, 0) is 8.85 Å². The van der Waals surface area contributed by atoms with Crippen molar-refractivity contribution in [1.82, 2.24) is 4.57 Å². The summed E-state index contributed by atoms with van der Waals surface area (Å²) in [5, 5.41) is 0. The highest BCUT2D eigenvalue weighted by Gasteiger charge is 2.48. The molecule has 0 aromatic heterocycles. The highest BCUT2D eigenvalue weighted by Crippen LogP contribution is 2.30. The zero-order valence-corrected chi connectivity index (χ0v) is 11.1. The van der Waals surface area contributed by atoms with Gasteiger partial charge in [-0.3, -0.25) is 4.57 Å². The Morgan fingerprint density at radius 3 is 2.21 bits per heavy atom. The summed E-state index contributed by atoms with van der Waals surface area (Å²) >= 11 is 0. The van der Waals surface area contributed by atoms with Crippen LogP contribution in [0.4, 0.5) is 0 Å². The van der Waals surface area contributed by atoms with Crippen molar-refractivity contribution in [3.8, 4) is 0 Å². The quantitative estimate of drug-likeness (QED) is 0.675. The Bertz CT molecular complexity index is 187. The van der Waals surface area contributed by atoms with E-state index < -0.39 is 8.72 Å². The molecule has 1 aliphatic heterocycles. The summed E-state index contributed by atoms with van der Waals surface area (Å²) in [6.45, 7) is 8.98. The normalized spacial score (nSPS) is 22.9.